The second-order valence-corrected chi connectivity index (χ2v) is 30.4. The van der Waals surface area contributed by atoms with Gasteiger partial charge in [0.2, 0.25) is 41.1 Å². The number of piperidine rings is 3. The molecule has 0 radical (unpaired) electrons. The van der Waals surface area contributed by atoms with Crippen LogP contribution in [0.3, 0.4) is 0 Å². The minimum atomic E-state index is -1.13. The minimum absolute atomic E-state index is 0. The largest absolute Gasteiger partial charge is 0.480 e. The zero-order chi connectivity index (χ0) is 79.9. The number of ether oxygens (including phenoxy) is 1. The minimum Gasteiger partial charge on any atom is -0.480 e. The first-order chi connectivity index (χ1) is 52.8. The molecule has 9 heterocycles. The average Bonchev–Trinajstić information content (AvgIpc) is 1.60. The van der Waals surface area contributed by atoms with Gasteiger partial charge in [-0.1, -0.05) is 58.4 Å². The molecule has 14 rings (SSSR count). The number of carbonyl (C=O) groups is 8. The van der Waals surface area contributed by atoms with Crippen LogP contribution in [0.25, 0.3) is 34.2 Å². The third-order valence-corrected chi connectivity index (χ3v) is 20.9. The number of benzene rings is 5. The lowest BCUT2D eigenvalue weighted by Gasteiger charge is -2.44. The number of aromatic amines is 3. The van der Waals surface area contributed by atoms with Crippen molar-refractivity contribution < 1.29 is 57.0 Å². The molecule has 7 amide bonds. The van der Waals surface area contributed by atoms with Crippen LogP contribution in [0, 0.1) is 37.3 Å². The lowest BCUT2D eigenvalue weighted by atomic mass is 9.85. The fourth-order valence-electron chi connectivity index (χ4n) is 14.9. The Kier molecular flexibility index (Phi) is 27.1. The Morgan fingerprint density at radius 1 is 0.504 bits per heavy atom. The van der Waals surface area contributed by atoms with E-state index in [4.69, 9.17) is 9.84 Å². The first-order valence-electron chi connectivity index (χ1n) is 36.8. The fourth-order valence-corrected chi connectivity index (χ4v) is 14.9. The molecular formula is C77H100ClF2N23O10. The number of carboxylic acid groups (broad SMARTS) is 1. The molecule has 0 aliphatic carbocycles. The van der Waals surface area contributed by atoms with E-state index in [1.807, 2.05) is 126 Å². The molecule has 6 aliphatic heterocycles. The van der Waals surface area contributed by atoms with Gasteiger partial charge in [0.05, 0.1) is 31.1 Å². The summed E-state index contributed by atoms with van der Waals surface area (Å²) in [6.45, 7) is 21.1. The molecule has 0 unspecified atom stereocenters. The van der Waals surface area contributed by atoms with Crippen molar-refractivity contribution >= 4 is 77.0 Å². The lowest BCUT2D eigenvalue weighted by molar-refractivity contribution is -0.140. The molecule has 33 nitrogen and oxygen atoms in total. The second kappa shape index (κ2) is 35.8. The van der Waals surface area contributed by atoms with Crippen LogP contribution in [-0.4, -0.2) is 254 Å². The molecule has 8 aromatic rings. The van der Waals surface area contributed by atoms with Gasteiger partial charge in [-0.3, -0.25) is 28.8 Å². The van der Waals surface area contributed by atoms with Crippen molar-refractivity contribution in [1.82, 2.24) is 102 Å². The molecule has 7 N–H and O–H groups in total. The summed E-state index contributed by atoms with van der Waals surface area (Å²) in [6.07, 6.45) is 3.35. The monoisotopic (exact) mass is 1580 g/mol. The highest BCUT2D eigenvalue weighted by Gasteiger charge is 2.56. The maximum absolute atomic E-state index is 14.3. The standard InChI is InChI=1S/C28H33FN8O3.C20H27N7O3.C15H19N7O.C13H16FNO3.CH4.ClH/c1-17(2)23(30-25(38)21-15-18(3)5-10-22(21)29)26(39)36-13-11-28(12-14-36)27(40)35(4)16-37(28)20-8-6-19(7-9-20)24-31-33-34-32-24;1-19(2,3)30-18(29)26-11-9-20(10-12-26)17(28)25(4)13-27(20)15-7-5-14(6-8-15)16-21-23-24-22-16;1-21-10-22(15(14(21)23)6-8-16-9-7-15)12-4-2-11(3-5-12)13-17-19-20-18-13;1-7(2)11(13(17)18)15-12(16)9-6-8(3)4-5-10(9)14;;/h5-10,15,17,23H,11-14,16H2,1-4H3,(H,30,38)(H,31,32,33,34);5-8H,9-13H2,1-4H3,(H,21,22,23,24);2-5,16H,6-10H2,1H3,(H,17,18,19,20);4-7,11H,1-3H3,(H,15,16)(H,17,18);1H4;1H/t23-;;;11-;;/m1..1../s1. The Morgan fingerprint density at radius 2 is 0.832 bits per heavy atom. The highest BCUT2D eigenvalue weighted by Crippen LogP contribution is 2.43. The summed E-state index contributed by atoms with van der Waals surface area (Å²) in [6, 6.07) is 30.0. The molecule has 6 fully saturated rings. The van der Waals surface area contributed by atoms with E-state index in [1.165, 1.54) is 24.3 Å². The Morgan fingerprint density at radius 3 is 1.14 bits per heavy atom. The number of carboxylic acids is 1. The van der Waals surface area contributed by atoms with Crippen LogP contribution in [0.2, 0.25) is 0 Å². The molecule has 5 aromatic carbocycles. The molecule has 0 saturated carbocycles. The number of aryl methyl sites for hydroxylation is 2. The number of aliphatic carboxylic acids is 1. The summed E-state index contributed by atoms with van der Waals surface area (Å²) in [5, 5.41) is 59.5. The van der Waals surface area contributed by atoms with Crippen LogP contribution in [-0.2, 0) is 28.7 Å². The van der Waals surface area contributed by atoms with E-state index >= 15 is 0 Å². The van der Waals surface area contributed by atoms with Gasteiger partial charge in [0.15, 0.2) is 0 Å². The van der Waals surface area contributed by atoms with Gasteiger partial charge in [-0.25, -0.2) is 18.4 Å². The molecule has 3 spiro atoms. The van der Waals surface area contributed by atoms with Crippen molar-refractivity contribution in [2.24, 2.45) is 11.8 Å². The van der Waals surface area contributed by atoms with Gasteiger partial charge in [-0.15, -0.1) is 43.0 Å². The van der Waals surface area contributed by atoms with Crippen molar-refractivity contribution in [2.75, 3.05) is 95.1 Å². The van der Waals surface area contributed by atoms with Crippen molar-refractivity contribution in [3.8, 4) is 34.2 Å². The molecule has 604 valence electrons. The van der Waals surface area contributed by atoms with Crippen LogP contribution in [0.5, 0.6) is 0 Å². The molecule has 113 heavy (non-hydrogen) atoms. The number of hydrogen-bond donors (Lipinski definition) is 7. The molecule has 36 heteroatoms. The highest BCUT2D eigenvalue weighted by molar-refractivity contribution is 6.00. The average molecular weight is 1580 g/mol. The Balaban J connectivity index is 0.000000179. The van der Waals surface area contributed by atoms with Crippen LogP contribution in [0.4, 0.5) is 30.6 Å². The zero-order valence-electron chi connectivity index (χ0n) is 64.7. The third-order valence-electron chi connectivity index (χ3n) is 20.9. The molecule has 0 bridgehead atoms. The number of hydrogen-bond acceptors (Lipinski definition) is 22. The fraction of sp³-hybridized carbons (Fsp3) is 0.468. The van der Waals surface area contributed by atoms with Gasteiger partial charge in [-0.05, 0) is 211 Å². The Hall–Kier alpha value is -11.6. The van der Waals surface area contributed by atoms with Crippen molar-refractivity contribution in [1.29, 1.82) is 0 Å². The number of nitrogens with zero attached hydrogens (tertiary/aromatic N) is 17. The van der Waals surface area contributed by atoms with Crippen LogP contribution < -0.4 is 30.7 Å². The first kappa shape index (κ1) is 85.4. The van der Waals surface area contributed by atoms with E-state index in [2.05, 4.69) is 92.5 Å². The molecular weight excluding hydrogens is 1480 g/mol. The zero-order valence-corrected chi connectivity index (χ0v) is 65.5. The maximum Gasteiger partial charge on any atom is 0.410 e. The number of carbonyl (C=O) groups excluding carboxylic acids is 7. The number of halogens is 3. The Labute approximate surface area is 660 Å². The molecule has 6 saturated heterocycles. The summed E-state index contributed by atoms with van der Waals surface area (Å²) in [7, 11) is 5.47. The van der Waals surface area contributed by atoms with Crippen LogP contribution in [0.1, 0.15) is 126 Å². The normalized spacial score (nSPS) is 17.4. The van der Waals surface area contributed by atoms with Gasteiger partial charge in [0.25, 0.3) is 11.8 Å². The van der Waals surface area contributed by atoms with E-state index in [9.17, 15) is 47.1 Å². The van der Waals surface area contributed by atoms with E-state index in [1.54, 1.807) is 66.5 Å². The number of H-pyrrole nitrogens is 3. The Bertz CT molecular complexity index is 4610. The molecule has 6 aliphatic rings. The van der Waals surface area contributed by atoms with Crippen LogP contribution in [0.15, 0.2) is 109 Å². The highest BCUT2D eigenvalue weighted by atomic mass is 35.5. The number of aromatic nitrogens is 12. The number of nitrogens with one attached hydrogen (secondary N) is 6. The van der Waals surface area contributed by atoms with Gasteiger partial charge in [0.1, 0.15) is 45.9 Å². The second-order valence-electron chi connectivity index (χ2n) is 30.4. The summed E-state index contributed by atoms with van der Waals surface area (Å²) in [4.78, 5) is 116. The number of tetrazole rings is 3. The van der Waals surface area contributed by atoms with E-state index in [0.717, 1.165) is 70.8 Å². The van der Waals surface area contributed by atoms with Crippen molar-refractivity contribution in [3.63, 3.8) is 0 Å². The maximum atomic E-state index is 14.3. The first-order valence-corrected chi connectivity index (χ1v) is 36.8. The van der Waals surface area contributed by atoms with Gasteiger partial charge in [0, 0.05) is 81.1 Å². The van der Waals surface area contributed by atoms with Gasteiger partial charge < -0.3 is 65.0 Å². The SMILES string of the molecule is C.CN1CN(c2ccc(-c3nn[nH]n3)cc2)C2(CCN(C(=O)OC(C)(C)C)CC2)C1=O.CN1CN(c2ccc(-c3nn[nH]n3)cc2)C2(CCNCC2)C1=O.Cc1ccc(F)c(C(=O)N[C@@H](C(=O)N2CCC3(CC2)C(=O)N(C)CN3c2ccc(-c3nn[nH]n3)cc2)C(C)C)c1.Cc1ccc(F)c(C(=O)N[C@@H](C(=O)O)C(C)C)c1.Cl. The number of likely N-dealkylation sites (tertiary alicyclic amines) is 2. The molecule has 3 aromatic heterocycles. The quantitative estimate of drug-likeness (QED) is 0.0554. The van der Waals surface area contributed by atoms with Crippen molar-refractivity contribution in [2.45, 2.75) is 143 Å². The smallest absolute Gasteiger partial charge is 0.410 e. The predicted molar refractivity (Wildman–Crippen MR) is 418 cm³/mol. The summed E-state index contributed by atoms with van der Waals surface area (Å²) >= 11 is 0. The van der Waals surface area contributed by atoms with E-state index in [0.29, 0.717) is 89.3 Å². The molecule has 2 atom stereocenters. The van der Waals surface area contributed by atoms with Gasteiger partial charge >= 0.3 is 12.1 Å². The lowest BCUT2D eigenvalue weighted by Crippen LogP contribution is -2.60. The predicted octanol–water partition coefficient (Wildman–Crippen LogP) is 7.49. The third kappa shape index (κ3) is 18.6. The topological polar surface area (TPSA) is 391 Å². The number of amides is 7. The summed E-state index contributed by atoms with van der Waals surface area (Å²) in [5.74, 6) is -2.57. The van der Waals surface area contributed by atoms with E-state index in [-0.39, 0.29) is 72.5 Å². The van der Waals surface area contributed by atoms with E-state index < -0.39 is 63.7 Å². The number of anilines is 3. The summed E-state index contributed by atoms with van der Waals surface area (Å²) in [5.41, 5.74) is 4.33. The van der Waals surface area contributed by atoms with Crippen molar-refractivity contribution in [3.05, 3.63) is 143 Å². The number of likely N-dealkylation sites (N-methyl/N-ethyl adjacent to an activating group) is 3. The van der Waals surface area contributed by atoms with Gasteiger partial charge in [-0.2, -0.15) is 15.6 Å². The van der Waals surface area contributed by atoms with Crippen LogP contribution >= 0.6 is 12.4 Å². The summed E-state index contributed by atoms with van der Waals surface area (Å²) < 4.78 is 33.3. The number of rotatable bonds is 14.